The van der Waals surface area contributed by atoms with E-state index in [9.17, 15) is 14.4 Å². The van der Waals surface area contributed by atoms with Crippen LogP contribution in [-0.2, 0) is 24.4 Å². The first-order valence-electron chi connectivity index (χ1n) is 9.19. The van der Waals surface area contributed by atoms with Crippen LogP contribution in [0.15, 0.2) is 46.2 Å². The van der Waals surface area contributed by atoms with Gasteiger partial charge in [-0.05, 0) is 22.4 Å². The Morgan fingerprint density at radius 1 is 1.24 bits per heavy atom. The van der Waals surface area contributed by atoms with E-state index in [1.807, 2.05) is 37.3 Å². The highest BCUT2D eigenvalue weighted by atomic mass is 16.2. The Labute approximate surface area is 165 Å². The average Bonchev–Trinajstić information content (AvgIpc) is 3.20. The number of benzene rings is 1. The van der Waals surface area contributed by atoms with Gasteiger partial charge in [-0.15, -0.1) is 5.10 Å². The fourth-order valence-corrected chi connectivity index (χ4v) is 2.91. The molecule has 0 fully saturated rings. The maximum atomic E-state index is 13.0. The van der Waals surface area contributed by atoms with Crippen molar-refractivity contribution >= 4 is 17.4 Å². The molecule has 0 bridgehead atoms. The van der Waals surface area contributed by atoms with Gasteiger partial charge >= 0.3 is 5.69 Å². The monoisotopic (exact) mass is 398 g/mol. The molecule has 3 rings (SSSR count). The zero-order valence-corrected chi connectivity index (χ0v) is 16.0. The summed E-state index contributed by atoms with van der Waals surface area (Å²) in [5.41, 5.74) is 5.60. The van der Waals surface area contributed by atoms with Crippen molar-refractivity contribution in [1.29, 1.82) is 0 Å². The van der Waals surface area contributed by atoms with Gasteiger partial charge in [-0.25, -0.2) is 9.48 Å². The minimum absolute atomic E-state index is 0.0480. The molecule has 2 heterocycles. The van der Waals surface area contributed by atoms with E-state index in [1.165, 1.54) is 20.5 Å². The summed E-state index contributed by atoms with van der Waals surface area (Å²) in [4.78, 5) is 41.4. The standard InChI is InChI=1S/C18H22N8O3/c1-2-3-9-25-16(19)15(17(28)21-18(25)29)26(10-13-7-5-4-6-8-13)14(27)11-24-12-20-22-23-24/h4-8,12H,2-3,9-11,19H2,1H3,(H,21,28,29). The molecule has 11 nitrogen and oxygen atoms in total. The molecule has 0 unspecified atom stereocenters. The molecular weight excluding hydrogens is 376 g/mol. The molecule has 1 amide bonds. The molecule has 0 aliphatic carbocycles. The van der Waals surface area contributed by atoms with Crippen LogP contribution in [0.4, 0.5) is 11.5 Å². The van der Waals surface area contributed by atoms with E-state index in [2.05, 4.69) is 20.5 Å². The number of amides is 1. The van der Waals surface area contributed by atoms with Crippen molar-refractivity contribution in [2.45, 2.75) is 39.4 Å². The number of rotatable bonds is 8. The van der Waals surface area contributed by atoms with Crippen LogP contribution in [-0.4, -0.2) is 35.7 Å². The van der Waals surface area contributed by atoms with Crippen molar-refractivity contribution in [1.82, 2.24) is 29.8 Å². The Morgan fingerprint density at radius 2 is 2.00 bits per heavy atom. The lowest BCUT2D eigenvalue weighted by molar-refractivity contribution is -0.119. The third-order valence-corrected chi connectivity index (χ3v) is 4.39. The fourth-order valence-electron chi connectivity index (χ4n) is 2.91. The predicted molar refractivity (Wildman–Crippen MR) is 106 cm³/mol. The number of tetrazole rings is 1. The second-order valence-corrected chi connectivity index (χ2v) is 6.47. The van der Waals surface area contributed by atoms with Crippen molar-refractivity contribution < 1.29 is 4.79 Å². The molecule has 0 saturated carbocycles. The number of hydrogen-bond acceptors (Lipinski definition) is 7. The van der Waals surface area contributed by atoms with E-state index >= 15 is 0 Å². The van der Waals surface area contributed by atoms with Crippen LogP contribution in [0.1, 0.15) is 25.3 Å². The van der Waals surface area contributed by atoms with E-state index in [4.69, 9.17) is 5.73 Å². The van der Waals surface area contributed by atoms with Crippen LogP contribution < -0.4 is 21.9 Å². The Kier molecular flexibility index (Phi) is 6.17. The summed E-state index contributed by atoms with van der Waals surface area (Å²) in [6.45, 7) is 2.23. The van der Waals surface area contributed by atoms with Gasteiger partial charge in [0.2, 0.25) is 5.91 Å². The maximum absolute atomic E-state index is 13.0. The maximum Gasteiger partial charge on any atom is 0.330 e. The van der Waals surface area contributed by atoms with Gasteiger partial charge in [0, 0.05) is 6.54 Å². The van der Waals surface area contributed by atoms with Crippen LogP contribution in [0.3, 0.4) is 0 Å². The first-order valence-corrected chi connectivity index (χ1v) is 9.19. The summed E-state index contributed by atoms with van der Waals surface area (Å²) >= 11 is 0. The molecule has 11 heteroatoms. The number of nitrogen functional groups attached to an aromatic ring is 1. The molecule has 1 aromatic carbocycles. The summed E-state index contributed by atoms with van der Waals surface area (Å²) in [6.07, 6.45) is 2.84. The van der Waals surface area contributed by atoms with E-state index in [-0.39, 0.29) is 24.6 Å². The van der Waals surface area contributed by atoms with Crippen LogP contribution in [0, 0.1) is 0 Å². The summed E-state index contributed by atoms with van der Waals surface area (Å²) in [7, 11) is 0. The van der Waals surface area contributed by atoms with Gasteiger partial charge in [-0.3, -0.25) is 24.0 Å². The zero-order valence-electron chi connectivity index (χ0n) is 16.0. The smallest absolute Gasteiger partial charge is 0.330 e. The summed E-state index contributed by atoms with van der Waals surface area (Å²) in [5.74, 6) is -0.493. The number of aromatic amines is 1. The van der Waals surface area contributed by atoms with Crippen molar-refractivity contribution in [2.24, 2.45) is 0 Å². The van der Waals surface area contributed by atoms with E-state index in [1.54, 1.807) is 0 Å². The molecule has 0 atom stereocenters. The van der Waals surface area contributed by atoms with Crippen molar-refractivity contribution in [3.63, 3.8) is 0 Å². The zero-order chi connectivity index (χ0) is 20.8. The van der Waals surface area contributed by atoms with Crippen molar-refractivity contribution in [3.05, 3.63) is 63.1 Å². The number of nitrogens with zero attached hydrogens (tertiary/aromatic N) is 6. The van der Waals surface area contributed by atoms with Gasteiger partial charge in [0.05, 0.1) is 6.54 Å². The van der Waals surface area contributed by atoms with Crippen molar-refractivity contribution in [3.8, 4) is 0 Å². The minimum Gasteiger partial charge on any atom is -0.383 e. The molecule has 0 aliphatic rings. The Balaban J connectivity index is 2.06. The number of aromatic nitrogens is 6. The van der Waals surface area contributed by atoms with Crippen LogP contribution in [0.5, 0.6) is 0 Å². The highest BCUT2D eigenvalue weighted by Gasteiger charge is 2.25. The van der Waals surface area contributed by atoms with Crippen molar-refractivity contribution in [2.75, 3.05) is 10.6 Å². The molecule has 0 radical (unpaired) electrons. The second-order valence-electron chi connectivity index (χ2n) is 6.47. The van der Waals surface area contributed by atoms with Crippen LogP contribution in [0.2, 0.25) is 0 Å². The number of anilines is 2. The number of nitrogens with two attached hydrogens (primary N) is 1. The van der Waals surface area contributed by atoms with Crippen LogP contribution in [0.25, 0.3) is 0 Å². The van der Waals surface area contributed by atoms with E-state index < -0.39 is 17.2 Å². The van der Waals surface area contributed by atoms with Gasteiger partial charge in [-0.1, -0.05) is 43.7 Å². The number of hydrogen-bond donors (Lipinski definition) is 2. The third kappa shape index (κ3) is 4.57. The van der Waals surface area contributed by atoms with Gasteiger partial charge in [0.1, 0.15) is 18.7 Å². The summed E-state index contributed by atoms with van der Waals surface area (Å²) in [5, 5.41) is 10.7. The molecule has 0 saturated heterocycles. The molecule has 3 aromatic rings. The summed E-state index contributed by atoms with van der Waals surface area (Å²) < 4.78 is 2.53. The Hall–Kier alpha value is -3.76. The molecule has 152 valence electrons. The lowest BCUT2D eigenvalue weighted by atomic mass is 10.2. The van der Waals surface area contributed by atoms with Gasteiger partial charge in [0.15, 0.2) is 5.69 Å². The number of nitrogens with one attached hydrogen (secondary N) is 1. The first kappa shape index (κ1) is 20.0. The number of unbranched alkanes of at least 4 members (excludes halogenated alkanes) is 1. The largest absolute Gasteiger partial charge is 0.383 e. The lowest BCUT2D eigenvalue weighted by Crippen LogP contribution is -2.42. The molecule has 0 aliphatic heterocycles. The first-order chi connectivity index (χ1) is 14.0. The predicted octanol–water partition coefficient (Wildman–Crippen LogP) is 0.139. The van der Waals surface area contributed by atoms with Crippen LogP contribution >= 0.6 is 0 Å². The molecular formula is C18H22N8O3. The quantitative estimate of drug-likeness (QED) is 0.549. The fraction of sp³-hybridized carbons (Fsp3) is 0.333. The molecule has 0 spiro atoms. The average molecular weight is 398 g/mol. The normalized spacial score (nSPS) is 10.8. The Morgan fingerprint density at radius 3 is 2.66 bits per heavy atom. The molecule has 3 N–H and O–H groups in total. The molecule has 2 aromatic heterocycles. The van der Waals surface area contributed by atoms with Gasteiger partial charge < -0.3 is 5.73 Å². The minimum atomic E-state index is -0.721. The highest BCUT2D eigenvalue weighted by Crippen LogP contribution is 2.20. The second kappa shape index (κ2) is 8.95. The Bertz CT molecular complexity index is 1070. The highest BCUT2D eigenvalue weighted by molar-refractivity contribution is 5.95. The van der Waals surface area contributed by atoms with Gasteiger partial charge in [0.25, 0.3) is 5.56 Å². The lowest BCUT2D eigenvalue weighted by Gasteiger charge is -2.24. The van der Waals surface area contributed by atoms with E-state index in [0.717, 1.165) is 12.0 Å². The SMILES string of the molecule is CCCCn1c(N)c(N(Cc2ccccc2)C(=O)Cn2cnnn2)c(=O)[nH]c1=O. The topological polar surface area (TPSA) is 145 Å². The van der Waals surface area contributed by atoms with Gasteiger partial charge in [-0.2, -0.15) is 0 Å². The third-order valence-electron chi connectivity index (χ3n) is 4.39. The number of carbonyl (C=O) groups is 1. The number of carbonyl (C=O) groups excluding carboxylic acids is 1. The molecule has 29 heavy (non-hydrogen) atoms. The van der Waals surface area contributed by atoms with E-state index in [0.29, 0.717) is 13.0 Å². The summed E-state index contributed by atoms with van der Waals surface area (Å²) in [6, 6.07) is 9.16. The number of H-pyrrole nitrogens is 1.